The maximum absolute atomic E-state index is 10.6. The number of carbonyl (C=O) groups excluding carboxylic acids is 1. The first-order valence-electron chi connectivity index (χ1n) is 3.79. The first-order chi connectivity index (χ1) is 4.57. The van der Waals surface area contributed by atoms with Crippen molar-refractivity contribution in [2.75, 3.05) is 0 Å². The Labute approximate surface area is 63.1 Å². The second-order valence-electron chi connectivity index (χ2n) is 2.84. The van der Waals surface area contributed by atoms with Gasteiger partial charge < -0.3 is 0 Å². The monoisotopic (exact) mass is 140 g/mol. The zero-order valence-electron chi connectivity index (χ0n) is 7.27. The highest BCUT2D eigenvalue weighted by atomic mass is 16.1. The molecule has 0 aliphatic rings. The van der Waals surface area contributed by atoms with Crippen LogP contribution in [0, 0.1) is 5.92 Å². The summed E-state index contributed by atoms with van der Waals surface area (Å²) in [6.45, 7) is 7.89. The molecule has 0 aromatic carbocycles. The van der Waals surface area contributed by atoms with E-state index >= 15 is 0 Å². The van der Waals surface area contributed by atoms with Crippen LogP contribution in [0.3, 0.4) is 0 Å². The van der Waals surface area contributed by atoms with Gasteiger partial charge in [0.25, 0.3) is 0 Å². The second kappa shape index (κ2) is 4.26. The minimum absolute atomic E-state index is 0.158. The van der Waals surface area contributed by atoms with Gasteiger partial charge in [0.15, 0.2) is 5.78 Å². The van der Waals surface area contributed by atoms with Crippen LogP contribution in [0.5, 0.6) is 0 Å². The summed E-state index contributed by atoms with van der Waals surface area (Å²) in [6, 6.07) is 0. The molecule has 0 heterocycles. The molecule has 0 aliphatic heterocycles. The van der Waals surface area contributed by atoms with Gasteiger partial charge in [0.2, 0.25) is 0 Å². The molecular formula is C9H16O. The van der Waals surface area contributed by atoms with Crippen molar-refractivity contribution < 1.29 is 4.79 Å². The predicted molar refractivity (Wildman–Crippen MR) is 43.9 cm³/mol. The van der Waals surface area contributed by atoms with Crippen molar-refractivity contribution in [3.8, 4) is 0 Å². The molecule has 0 saturated carbocycles. The van der Waals surface area contributed by atoms with Crippen molar-refractivity contribution >= 4 is 5.78 Å². The highest BCUT2D eigenvalue weighted by molar-refractivity contribution is 5.87. The molecule has 0 radical (unpaired) electrons. The molecule has 58 valence electrons. The first kappa shape index (κ1) is 9.41. The summed E-state index contributed by atoms with van der Waals surface area (Å²) >= 11 is 0. The maximum atomic E-state index is 10.6. The van der Waals surface area contributed by atoms with Crippen LogP contribution in [0.15, 0.2) is 11.6 Å². The minimum Gasteiger partial charge on any atom is -0.295 e. The standard InChI is InChI=1S/C9H16O/c1-5-9(7(2)3)6-8(4)10/h6-7H,5H2,1-4H3/b9-6+. The van der Waals surface area contributed by atoms with Crippen LogP contribution >= 0.6 is 0 Å². The van der Waals surface area contributed by atoms with Crippen LogP contribution < -0.4 is 0 Å². The molecule has 0 unspecified atom stereocenters. The van der Waals surface area contributed by atoms with Gasteiger partial charge in [-0.2, -0.15) is 0 Å². The third-order valence-electron chi connectivity index (χ3n) is 1.54. The lowest BCUT2D eigenvalue weighted by atomic mass is 10.00. The Morgan fingerprint density at radius 3 is 2.10 bits per heavy atom. The number of carbonyl (C=O) groups is 1. The van der Waals surface area contributed by atoms with Gasteiger partial charge >= 0.3 is 0 Å². The predicted octanol–water partition coefficient (Wildman–Crippen LogP) is 2.57. The van der Waals surface area contributed by atoms with Crippen LogP contribution in [0.1, 0.15) is 34.1 Å². The Kier molecular flexibility index (Phi) is 4.01. The van der Waals surface area contributed by atoms with Gasteiger partial charge in [0.05, 0.1) is 0 Å². The average Bonchev–Trinajstić information content (AvgIpc) is 1.81. The van der Waals surface area contributed by atoms with Gasteiger partial charge in [-0.3, -0.25) is 4.79 Å². The van der Waals surface area contributed by atoms with Crippen LogP contribution in [0.4, 0.5) is 0 Å². The number of ketones is 1. The van der Waals surface area contributed by atoms with Gasteiger partial charge in [-0.15, -0.1) is 0 Å². The molecule has 1 heteroatoms. The molecule has 0 bridgehead atoms. The molecular weight excluding hydrogens is 124 g/mol. The van der Waals surface area contributed by atoms with E-state index in [1.165, 1.54) is 5.57 Å². The van der Waals surface area contributed by atoms with Gasteiger partial charge in [-0.25, -0.2) is 0 Å². The lowest BCUT2D eigenvalue weighted by Crippen LogP contribution is -1.95. The molecule has 0 rings (SSSR count). The summed E-state index contributed by atoms with van der Waals surface area (Å²) in [5, 5.41) is 0. The quantitative estimate of drug-likeness (QED) is 0.551. The summed E-state index contributed by atoms with van der Waals surface area (Å²) in [4.78, 5) is 10.6. The zero-order valence-corrected chi connectivity index (χ0v) is 7.27. The smallest absolute Gasteiger partial charge is 0.152 e. The molecule has 0 amide bonds. The molecule has 1 nitrogen and oxygen atoms in total. The van der Waals surface area contributed by atoms with Gasteiger partial charge in [0.1, 0.15) is 0 Å². The van der Waals surface area contributed by atoms with Crippen molar-refractivity contribution in [1.29, 1.82) is 0 Å². The molecule has 0 aromatic rings. The van der Waals surface area contributed by atoms with E-state index < -0.39 is 0 Å². The SMILES string of the molecule is CC/C(=C\C(C)=O)C(C)C. The Hall–Kier alpha value is -0.590. The van der Waals surface area contributed by atoms with E-state index in [-0.39, 0.29) is 5.78 Å². The third kappa shape index (κ3) is 3.44. The Morgan fingerprint density at radius 2 is 2.00 bits per heavy atom. The van der Waals surface area contributed by atoms with Gasteiger partial charge in [-0.1, -0.05) is 26.3 Å². The van der Waals surface area contributed by atoms with E-state index in [9.17, 15) is 4.79 Å². The highest BCUT2D eigenvalue weighted by Gasteiger charge is 2.00. The molecule has 0 fully saturated rings. The fourth-order valence-electron chi connectivity index (χ4n) is 0.938. The average molecular weight is 140 g/mol. The van der Waals surface area contributed by atoms with E-state index in [0.717, 1.165) is 6.42 Å². The number of hydrogen-bond acceptors (Lipinski definition) is 1. The second-order valence-corrected chi connectivity index (χ2v) is 2.84. The molecule has 0 N–H and O–H groups in total. The van der Waals surface area contributed by atoms with Crippen LogP contribution in [0.2, 0.25) is 0 Å². The van der Waals surface area contributed by atoms with Crippen LogP contribution in [-0.4, -0.2) is 5.78 Å². The van der Waals surface area contributed by atoms with Crippen molar-refractivity contribution in [2.24, 2.45) is 5.92 Å². The Morgan fingerprint density at radius 1 is 1.50 bits per heavy atom. The molecule has 0 atom stereocenters. The van der Waals surface area contributed by atoms with E-state index in [0.29, 0.717) is 5.92 Å². The molecule has 0 aliphatic carbocycles. The molecule has 0 saturated heterocycles. The van der Waals surface area contributed by atoms with Crippen molar-refractivity contribution in [2.45, 2.75) is 34.1 Å². The molecule has 0 spiro atoms. The number of allylic oxidation sites excluding steroid dienone is 2. The van der Waals surface area contributed by atoms with E-state index in [1.54, 1.807) is 13.0 Å². The summed E-state index contributed by atoms with van der Waals surface area (Å²) < 4.78 is 0. The van der Waals surface area contributed by atoms with E-state index in [1.807, 2.05) is 0 Å². The fraction of sp³-hybridized carbons (Fsp3) is 0.667. The topological polar surface area (TPSA) is 17.1 Å². The lowest BCUT2D eigenvalue weighted by Gasteiger charge is -2.06. The molecule has 0 aromatic heterocycles. The number of rotatable bonds is 3. The molecule has 10 heavy (non-hydrogen) atoms. The number of hydrogen-bond donors (Lipinski definition) is 0. The largest absolute Gasteiger partial charge is 0.295 e. The fourth-order valence-corrected chi connectivity index (χ4v) is 0.938. The summed E-state index contributed by atoms with van der Waals surface area (Å²) in [5.74, 6) is 0.666. The summed E-state index contributed by atoms with van der Waals surface area (Å²) in [6.07, 6.45) is 2.72. The van der Waals surface area contributed by atoms with Crippen molar-refractivity contribution in [3.05, 3.63) is 11.6 Å². The van der Waals surface area contributed by atoms with Crippen molar-refractivity contribution in [1.82, 2.24) is 0 Å². The van der Waals surface area contributed by atoms with Crippen LogP contribution in [-0.2, 0) is 4.79 Å². The normalized spacial score (nSPS) is 12.3. The maximum Gasteiger partial charge on any atom is 0.152 e. The lowest BCUT2D eigenvalue weighted by molar-refractivity contribution is -0.112. The van der Waals surface area contributed by atoms with Gasteiger partial charge in [-0.05, 0) is 25.3 Å². The Balaban J connectivity index is 4.18. The van der Waals surface area contributed by atoms with Gasteiger partial charge in [0, 0.05) is 0 Å². The highest BCUT2D eigenvalue weighted by Crippen LogP contribution is 2.12. The minimum atomic E-state index is 0.158. The van der Waals surface area contributed by atoms with E-state index in [2.05, 4.69) is 20.8 Å². The van der Waals surface area contributed by atoms with Crippen LogP contribution in [0.25, 0.3) is 0 Å². The first-order valence-corrected chi connectivity index (χ1v) is 3.79. The summed E-state index contributed by atoms with van der Waals surface area (Å²) in [7, 11) is 0. The van der Waals surface area contributed by atoms with Crippen molar-refractivity contribution in [3.63, 3.8) is 0 Å². The van der Waals surface area contributed by atoms with E-state index in [4.69, 9.17) is 0 Å². The third-order valence-corrected chi connectivity index (χ3v) is 1.54. The summed E-state index contributed by atoms with van der Waals surface area (Å²) in [5.41, 5.74) is 1.24. The zero-order chi connectivity index (χ0) is 8.15. The Bertz CT molecular complexity index is 143.